The Bertz CT molecular complexity index is 836. The summed E-state index contributed by atoms with van der Waals surface area (Å²) in [5.74, 6) is -0.273. The van der Waals surface area contributed by atoms with Crippen LogP contribution in [0, 0.1) is 0 Å². The number of carbonyl (C=O) groups excluding carboxylic acids is 2. The highest BCUT2D eigenvalue weighted by molar-refractivity contribution is 6.14. The van der Waals surface area contributed by atoms with Gasteiger partial charge in [-0.05, 0) is 17.5 Å². The van der Waals surface area contributed by atoms with E-state index in [0.717, 1.165) is 11.1 Å². The molecule has 3 rings (SSSR count). The predicted molar refractivity (Wildman–Crippen MR) is 95.4 cm³/mol. The lowest BCUT2D eigenvalue weighted by Gasteiger charge is -2.09. The van der Waals surface area contributed by atoms with Crippen LogP contribution in [0.15, 0.2) is 84.9 Å². The first-order valence-corrected chi connectivity index (χ1v) is 7.97. The molecule has 0 heterocycles. The van der Waals surface area contributed by atoms with Crippen LogP contribution < -0.4 is 0 Å². The highest BCUT2D eigenvalue weighted by atomic mass is 16.1. The summed E-state index contributed by atoms with van der Waals surface area (Å²) in [6.07, 6.45) is 0.581. The second kappa shape index (κ2) is 7.51. The summed E-state index contributed by atoms with van der Waals surface area (Å²) in [7, 11) is 0. The van der Waals surface area contributed by atoms with Crippen LogP contribution in [0.4, 0.5) is 0 Å². The Kier molecular flexibility index (Phi) is 4.97. The number of hydrogen-bond donors (Lipinski definition) is 0. The Morgan fingerprint density at radius 1 is 0.625 bits per heavy atom. The maximum atomic E-state index is 12.6. The van der Waals surface area contributed by atoms with E-state index in [4.69, 9.17) is 0 Å². The molecule has 0 spiro atoms. The zero-order valence-corrected chi connectivity index (χ0v) is 13.3. The van der Waals surface area contributed by atoms with E-state index in [1.807, 2.05) is 54.6 Å². The molecule has 3 aromatic carbocycles. The Labute approximate surface area is 141 Å². The minimum absolute atomic E-state index is 0.101. The van der Waals surface area contributed by atoms with E-state index in [1.54, 1.807) is 30.3 Å². The summed E-state index contributed by atoms with van der Waals surface area (Å²) in [5, 5.41) is 0. The van der Waals surface area contributed by atoms with Crippen molar-refractivity contribution in [3.63, 3.8) is 0 Å². The molecule has 0 aliphatic carbocycles. The third kappa shape index (κ3) is 3.85. The van der Waals surface area contributed by atoms with Crippen molar-refractivity contribution in [2.24, 2.45) is 0 Å². The van der Waals surface area contributed by atoms with Crippen molar-refractivity contribution in [1.29, 1.82) is 0 Å². The summed E-state index contributed by atoms with van der Waals surface area (Å²) in [6.45, 7) is 0. The topological polar surface area (TPSA) is 34.1 Å². The minimum Gasteiger partial charge on any atom is -0.294 e. The molecule has 24 heavy (non-hydrogen) atoms. The number of rotatable bonds is 6. The zero-order valence-electron chi connectivity index (χ0n) is 13.3. The van der Waals surface area contributed by atoms with Gasteiger partial charge in [0.05, 0.1) is 6.42 Å². The molecule has 0 atom stereocenters. The molecule has 0 bridgehead atoms. The van der Waals surface area contributed by atoms with Gasteiger partial charge in [-0.2, -0.15) is 0 Å². The van der Waals surface area contributed by atoms with Gasteiger partial charge in [0.15, 0.2) is 11.6 Å². The normalized spacial score (nSPS) is 10.3. The Hall–Kier alpha value is -3.00. The van der Waals surface area contributed by atoms with E-state index in [0.29, 0.717) is 17.5 Å². The van der Waals surface area contributed by atoms with Gasteiger partial charge in [-0.1, -0.05) is 84.9 Å². The van der Waals surface area contributed by atoms with Crippen LogP contribution in [0.25, 0.3) is 0 Å². The molecule has 0 aromatic heterocycles. The van der Waals surface area contributed by atoms with Crippen LogP contribution in [0.1, 0.15) is 38.3 Å². The molecule has 0 unspecified atom stereocenters. The summed E-state index contributed by atoms with van der Waals surface area (Å²) in [4.78, 5) is 24.9. The molecule has 2 nitrogen and oxygen atoms in total. The summed E-state index contributed by atoms with van der Waals surface area (Å²) in [6, 6.07) is 26.5. The molecule has 3 aromatic rings. The van der Waals surface area contributed by atoms with E-state index >= 15 is 0 Å². The lowest BCUT2D eigenvalue weighted by atomic mass is 9.94. The standard InChI is InChI=1S/C22H18O2/c23-21(18-11-5-2-6-12-18)16-22(24)20-14-8-7-13-19(20)15-17-9-3-1-4-10-17/h1-14H,15-16H2. The maximum absolute atomic E-state index is 12.6. The van der Waals surface area contributed by atoms with Crippen molar-refractivity contribution in [1.82, 2.24) is 0 Å². The molecule has 0 aliphatic rings. The smallest absolute Gasteiger partial charge is 0.170 e. The first-order valence-electron chi connectivity index (χ1n) is 7.97. The lowest BCUT2D eigenvalue weighted by molar-refractivity contribution is 0.0894. The molecule has 0 N–H and O–H groups in total. The molecule has 2 heteroatoms. The first kappa shape index (κ1) is 15.9. The second-order valence-corrected chi connectivity index (χ2v) is 5.71. The SMILES string of the molecule is O=C(CC(=O)c1ccccc1Cc1ccccc1)c1ccccc1. The van der Waals surface area contributed by atoms with Gasteiger partial charge >= 0.3 is 0 Å². The van der Waals surface area contributed by atoms with E-state index in [1.165, 1.54) is 0 Å². The highest BCUT2D eigenvalue weighted by Crippen LogP contribution is 2.17. The monoisotopic (exact) mass is 314 g/mol. The quantitative estimate of drug-likeness (QED) is 0.487. The molecule has 0 fully saturated rings. The van der Waals surface area contributed by atoms with Gasteiger partial charge in [-0.25, -0.2) is 0 Å². The molecular formula is C22H18O2. The fourth-order valence-corrected chi connectivity index (χ4v) is 2.73. The Morgan fingerprint density at radius 3 is 1.92 bits per heavy atom. The van der Waals surface area contributed by atoms with E-state index in [-0.39, 0.29) is 18.0 Å². The van der Waals surface area contributed by atoms with Gasteiger partial charge in [0.1, 0.15) is 0 Å². The van der Waals surface area contributed by atoms with E-state index < -0.39 is 0 Å². The molecule has 0 radical (unpaired) electrons. The fraction of sp³-hybridized carbons (Fsp3) is 0.0909. The van der Waals surface area contributed by atoms with Crippen LogP contribution in [0.5, 0.6) is 0 Å². The fourth-order valence-electron chi connectivity index (χ4n) is 2.73. The number of hydrogen-bond acceptors (Lipinski definition) is 2. The molecule has 0 aliphatic heterocycles. The third-order valence-electron chi connectivity index (χ3n) is 3.97. The Morgan fingerprint density at radius 2 is 1.21 bits per heavy atom. The maximum Gasteiger partial charge on any atom is 0.170 e. The van der Waals surface area contributed by atoms with Crippen molar-refractivity contribution in [2.75, 3.05) is 0 Å². The Balaban J connectivity index is 1.79. The molecule has 0 saturated heterocycles. The highest BCUT2D eigenvalue weighted by Gasteiger charge is 2.16. The summed E-state index contributed by atoms with van der Waals surface area (Å²) in [5.41, 5.74) is 3.30. The van der Waals surface area contributed by atoms with Gasteiger partial charge in [0.2, 0.25) is 0 Å². The summed E-state index contributed by atoms with van der Waals surface area (Å²) < 4.78 is 0. The zero-order chi connectivity index (χ0) is 16.8. The van der Waals surface area contributed by atoms with E-state index in [9.17, 15) is 9.59 Å². The number of Topliss-reactive ketones (excluding diaryl/α,β-unsaturated/α-hetero) is 2. The van der Waals surface area contributed by atoms with Crippen molar-refractivity contribution in [3.05, 3.63) is 107 Å². The molecule has 0 saturated carbocycles. The predicted octanol–water partition coefficient (Wildman–Crippen LogP) is 4.73. The average Bonchev–Trinajstić information content (AvgIpc) is 2.63. The van der Waals surface area contributed by atoms with Gasteiger partial charge in [0, 0.05) is 11.1 Å². The molecule has 118 valence electrons. The van der Waals surface area contributed by atoms with Crippen LogP contribution in [-0.4, -0.2) is 11.6 Å². The van der Waals surface area contributed by atoms with Crippen LogP contribution >= 0.6 is 0 Å². The van der Waals surface area contributed by atoms with Gasteiger partial charge in [-0.3, -0.25) is 9.59 Å². The minimum atomic E-state index is -0.143. The van der Waals surface area contributed by atoms with Gasteiger partial charge in [-0.15, -0.1) is 0 Å². The van der Waals surface area contributed by atoms with Gasteiger partial charge in [0.25, 0.3) is 0 Å². The summed E-state index contributed by atoms with van der Waals surface area (Å²) >= 11 is 0. The van der Waals surface area contributed by atoms with Crippen molar-refractivity contribution >= 4 is 11.6 Å². The average molecular weight is 314 g/mol. The van der Waals surface area contributed by atoms with E-state index in [2.05, 4.69) is 0 Å². The van der Waals surface area contributed by atoms with Crippen molar-refractivity contribution in [2.45, 2.75) is 12.8 Å². The van der Waals surface area contributed by atoms with Crippen molar-refractivity contribution in [3.8, 4) is 0 Å². The van der Waals surface area contributed by atoms with Gasteiger partial charge < -0.3 is 0 Å². The van der Waals surface area contributed by atoms with Crippen molar-refractivity contribution < 1.29 is 9.59 Å². The van der Waals surface area contributed by atoms with Crippen LogP contribution in [0.2, 0.25) is 0 Å². The molecule has 0 amide bonds. The second-order valence-electron chi connectivity index (χ2n) is 5.71. The van der Waals surface area contributed by atoms with Crippen LogP contribution in [0.3, 0.4) is 0 Å². The first-order chi connectivity index (χ1) is 11.7. The largest absolute Gasteiger partial charge is 0.294 e. The molecular weight excluding hydrogens is 296 g/mol. The number of ketones is 2. The number of benzene rings is 3. The lowest BCUT2D eigenvalue weighted by Crippen LogP contribution is -2.11. The third-order valence-corrected chi connectivity index (χ3v) is 3.97. The number of carbonyl (C=O) groups is 2. The van der Waals surface area contributed by atoms with Crippen LogP contribution in [-0.2, 0) is 6.42 Å².